The van der Waals surface area contributed by atoms with E-state index < -0.39 is 31.5 Å². The van der Waals surface area contributed by atoms with E-state index in [9.17, 15) is 14.2 Å². The van der Waals surface area contributed by atoms with Gasteiger partial charge in [-0.3, -0.25) is 9.09 Å². The SMILES string of the molecule is CC[C@H](C)[C@H](OP(=O)(OC)C(NC(=O)OCc1ccccc1)C(C)C)C(=O)OCc1ccccc1. The molecule has 192 valence electrons. The van der Waals surface area contributed by atoms with Crippen molar-refractivity contribution >= 4 is 19.7 Å². The van der Waals surface area contributed by atoms with Crippen LogP contribution in [-0.2, 0) is 41.1 Å². The third-order valence-electron chi connectivity index (χ3n) is 5.58. The summed E-state index contributed by atoms with van der Waals surface area (Å²) in [6.45, 7) is 7.34. The van der Waals surface area contributed by atoms with Gasteiger partial charge in [-0.15, -0.1) is 0 Å². The Bertz CT molecular complexity index is 968. The molecule has 0 heterocycles. The quantitative estimate of drug-likeness (QED) is 0.267. The minimum absolute atomic E-state index is 0.0525. The number of alkyl carbamates (subject to hydrolysis) is 1. The molecule has 2 aromatic carbocycles. The molecule has 0 saturated carbocycles. The van der Waals surface area contributed by atoms with Gasteiger partial charge in [-0.25, -0.2) is 9.59 Å². The average Bonchev–Trinajstić information content (AvgIpc) is 2.88. The summed E-state index contributed by atoms with van der Waals surface area (Å²) < 4.78 is 35.7. The number of carbonyl (C=O) groups excluding carboxylic acids is 2. The zero-order valence-electron chi connectivity index (χ0n) is 21.0. The molecule has 1 amide bonds. The predicted octanol–water partition coefficient (Wildman–Crippen LogP) is 5.91. The van der Waals surface area contributed by atoms with E-state index in [0.717, 1.165) is 11.1 Å². The van der Waals surface area contributed by atoms with E-state index in [4.69, 9.17) is 18.5 Å². The summed E-state index contributed by atoms with van der Waals surface area (Å²) in [4.78, 5) is 25.5. The van der Waals surface area contributed by atoms with E-state index in [1.807, 2.05) is 67.6 Å². The van der Waals surface area contributed by atoms with Crippen molar-refractivity contribution in [1.29, 1.82) is 0 Å². The number of esters is 1. The summed E-state index contributed by atoms with van der Waals surface area (Å²) in [5, 5.41) is 2.61. The lowest BCUT2D eigenvalue weighted by molar-refractivity contribution is -0.156. The van der Waals surface area contributed by atoms with Gasteiger partial charge in [0, 0.05) is 7.11 Å². The minimum atomic E-state index is -4.00. The van der Waals surface area contributed by atoms with Gasteiger partial charge in [0.15, 0.2) is 6.10 Å². The maximum Gasteiger partial charge on any atom is 0.408 e. The molecule has 0 saturated heterocycles. The molecule has 0 aliphatic carbocycles. The third kappa shape index (κ3) is 8.80. The minimum Gasteiger partial charge on any atom is -0.459 e. The monoisotopic (exact) mass is 505 g/mol. The van der Waals surface area contributed by atoms with E-state index in [1.54, 1.807) is 20.8 Å². The van der Waals surface area contributed by atoms with Gasteiger partial charge in [0.2, 0.25) is 0 Å². The van der Waals surface area contributed by atoms with Crippen LogP contribution in [0.1, 0.15) is 45.2 Å². The van der Waals surface area contributed by atoms with E-state index >= 15 is 0 Å². The largest absolute Gasteiger partial charge is 0.459 e. The highest BCUT2D eigenvalue weighted by atomic mass is 31.2. The van der Waals surface area contributed by atoms with E-state index in [-0.39, 0.29) is 25.0 Å². The van der Waals surface area contributed by atoms with Crippen LogP contribution in [0.4, 0.5) is 4.79 Å². The highest BCUT2D eigenvalue weighted by molar-refractivity contribution is 7.54. The number of carbonyl (C=O) groups is 2. The maximum atomic E-state index is 13.8. The van der Waals surface area contributed by atoms with Crippen molar-refractivity contribution in [2.75, 3.05) is 7.11 Å². The van der Waals surface area contributed by atoms with Crippen LogP contribution in [-0.4, -0.2) is 31.1 Å². The van der Waals surface area contributed by atoms with Crippen LogP contribution in [0.2, 0.25) is 0 Å². The molecule has 4 atom stereocenters. The first-order valence-electron chi connectivity index (χ1n) is 11.7. The predicted molar refractivity (Wildman–Crippen MR) is 134 cm³/mol. The van der Waals surface area contributed by atoms with Crippen molar-refractivity contribution in [3.63, 3.8) is 0 Å². The fourth-order valence-electron chi connectivity index (χ4n) is 3.28. The average molecular weight is 506 g/mol. The van der Waals surface area contributed by atoms with Crippen molar-refractivity contribution in [3.05, 3.63) is 71.8 Å². The summed E-state index contributed by atoms with van der Waals surface area (Å²) >= 11 is 0. The Morgan fingerprint density at radius 2 is 1.40 bits per heavy atom. The van der Waals surface area contributed by atoms with Gasteiger partial charge in [0.25, 0.3) is 0 Å². The van der Waals surface area contributed by atoms with Crippen LogP contribution in [0.5, 0.6) is 0 Å². The number of benzene rings is 2. The maximum absolute atomic E-state index is 13.8. The molecular weight excluding hydrogens is 469 g/mol. The standard InChI is InChI=1S/C26H36NO7P/c1-6-20(4)23(25(28)32-17-21-13-9-7-10-14-21)34-35(30,31-5)24(19(2)3)27-26(29)33-18-22-15-11-8-12-16-22/h7-16,19-20,23-24H,6,17-18H2,1-5H3,(H,27,29)/t20-,23-,24?,35?/m0/s1. The second-order valence-electron chi connectivity index (χ2n) is 8.62. The topological polar surface area (TPSA) is 100 Å². The molecule has 2 aromatic rings. The van der Waals surface area contributed by atoms with Crippen LogP contribution in [0.3, 0.4) is 0 Å². The molecule has 0 aromatic heterocycles. The lowest BCUT2D eigenvalue weighted by Gasteiger charge is -2.32. The number of rotatable bonds is 13. The fraction of sp³-hybridized carbons (Fsp3) is 0.462. The van der Waals surface area contributed by atoms with E-state index in [2.05, 4.69) is 5.32 Å². The molecule has 9 heteroatoms. The molecule has 0 bridgehead atoms. The van der Waals surface area contributed by atoms with Gasteiger partial charge in [0.05, 0.1) is 0 Å². The Labute approximate surface area is 207 Å². The van der Waals surface area contributed by atoms with Crippen LogP contribution in [0.15, 0.2) is 60.7 Å². The Kier molecular flexibility index (Phi) is 11.4. The van der Waals surface area contributed by atoms with Crippen molar-refractivity contribution in [2.24, 2.45) is 11.8 Å². The van der Waals surface area contributed by atoms with Crippen LogP contribution in [0, 0.1) is 11.8 Å². The second kappa shape index (κ2) is 14.0. The number of nitrogens with one attached hydrogen (secondary N) is 1. The number of hydrogen-bond acceptors (Lipinski definition) is 7. The fourth-order valence-corrected chi connectivity index (χ4v) is 5.33. The Hall–Kier alpha value is -2.67. The zero-order valence-corrected chi connectivity index (χ0v) is 21.9. The van der Waals surface area contributed by atoms with Gasteiger partial charge in [-0.1, -0.05) is 94.8 Å². The molecule has 0 spiro atoms. The molecular formula is C26H36NO7P. The van der Waals surface area contributed by atoms with Crippen molar-refractivity contribution in [3.8, 4) is 0 Å². The lowest BCUT2D eigenvalue weighted by atomic mass is 10.0. The van der Waals surface area contributed by atoms with Crippen molar-refractivity contribution < 1.29 is 32.7 Å². The van der Waals surface area contributed by atoms with Crippen molar-refractivity contribution in [2.45, 2.75) is 59.2 Å². The summed E-state index contributed by atoms with van der Waals surface area (Å²) in [6, 6.07) is 18.4. The van der Waals surface area contributed by atoms with Crippen LogP contribution in [0.25, 0.3) is 0 Å². The zero-order chi connectivity index (χ0) is 25.8. The molecule has 0 aliphatic heterocycles. The van der Waals surface area contributed by atoms with Gasteiger partial charge in [-0.2, -0.15) is 0 Å². The Balaban J connectivity index is 2.12. The third-order valence-corrected chi connectivity index (χ3v) is 8.02. The molecule has 0 fully saturated rings. The summed E-state index contributed by atoms with van der Waals surface area (Å²) in [5.41, 5.74) is 1.63. The highest BCUT2D eigenvalue weighted by Gasteiger charge is 2.44. The normalized spacial score (nSPS) is 15.5. The van der Waals surface area contributed by atoms with Crippen LogP contribution < -0.4 is 5.32 Å². The molecule has 2 unspecified atom stereocenters. The van der Waals surface area contributed by atoms with E-state index in [0.29, 0.717) is 6.42 Å². The van der Waals surface area contributed by atoms with Gasteiger partial charge < -0.3 is 19.3 Å². The molecule has 8 nitrogen and oxygen atoms in total. The molecule has 0 radical (unpaired) electrons. The second-order valence-corrected chi connectivity index (χ2v) is 10.8. The molecule has 1 N–H and O–H groups in total. The Morgan fingerprint density at radius 3 is 1.86 bits per heavy atom. The Morgan fingerprint density at radius 1 is 0.886 bits per heavy atom. The number of ether oxygens (including phenoxy) is 2. The first-order chi connectivity index (χ1) is 16.7. The smallest absolute Gasteiger partial charge is 0.408 e. The molecule has 35 heavy (non-hydrogen) atoms. The lowest BCUT2D eigenvalue weighted by Crippen LogP contribution is -2.42. The molecule has 2 rings (SSSR count). The summed E-state index contributed by atoms with van der Waals surface area (Å²) in [6.07, 6.45) is -1.33. The summed E-state index contributed by atoms with van der Waals surface area (Å²) in [7, 11) is -2.77. The highest BCUT2D eigenvalue weighted by Crippen LogP contribution is 2.55. The van der Waals surface area contributed by atoms with Gasteiger partial charge >= 0.3 is 19.7 Å². The number of hydrogen-bond donors (Lipinski definition) is 1. The van der Waals surface area contributed by atoms with E-state index in [1.165, 1.54) is 7.11 Å². The van der Waals surface area contributed by atoms with Crippen molar-refractivity contribution in [1.82, 2.24) is 5.32 Å². The first-order valence-corrected chi connectivity index (χ1v) is 13.3. The van der Waals surface area contributed by atoms with Crippen LogP contribution >= 0.6 is 7.60 Å². The van der Waals surface area contributed by atoms with Gasteiger partial charge in [-0.05, 0) is 23.0 Å². The number of amides is 1. The first kappa shape index (κ1) is 28.6. The van der Waals surface area contributed by atoms with Gasteiger partial charge in [0.1, 0.15) is 19.0 Å². The summed E-state index contributed by atoms with van der Waals surface area (Å²) in [5.74, 6) is -2.33. The molecule has 0 aliphatic rings.